The largest absolute Gasteiger partial charge is 0.398 e. The lowest BCUT2D eigenvalue weighted by atomic mass is 10.3. The highest BCUT2D eigenvalue weighted by molar-refractivity contribution is 9.10. The van der Waals surface area contributed by atoms with Gasteiger partial charge in [-0.15, -0.1) is 0 Å². The minimum absolute atomic E-state index is 0.148. The van der Waals surface area contributed by atoms with Crippen LogP contribution in [0.3, 0.4) is 0 Å². The van der Waals surface area contributed by atoms with Gasteiger partial charge in [0.25, 0.3) is 0 Å². The number of anilines is 1. The van der Waals surface area contributed by atoms with Crippen LogP contribution < -0.4 is 10.5 Å². The molecule has 6 nitrogen and oxygen atoms in total. The van der Waals surface area contributed by atoms with E-state index in [-0.39, 0.29) is 11.4 Å². The van der Waals surface area contributed by atoms with Crippen LogP contribution >= 0.6 is 15.9 Å². The smallest absolute Gasteiger partial charge is 0.240 e. The molecule has 0 unspecified atom stereocenters. The molecule has 3 N–H and O–H groups in total. The predicted octanol–water partition coefficient (Wildman–Crippen LogP) is 1.51. The van der Waals surface area contributed by atoms with Crippen molar-refractivity contribution in [1.82, 2.24) is 14.5 Å². The van der Waals surface area contributed by atoms with E-state index < -0.39 is 10.0 Å². The van der Waals surface area contributed by atoms with Crippen molar-refractivity contribution in [3.05, 3.63) is 40.6 Å². The topological polar surface area (TPSA) is 90.0 Å². The molecule has 0 atom stereocenters. The van der Waals surface area contributed by atoms with Crippen LogP contribution in [0.2, 0.25) is 0 Å². The lowest BCUT2D eigenvalue weighted by Gasteiger charge is -2.08. The third-order valence-electron chi connectivity index (χ3n) is 2.67. The van der Waals surface area contributed by atoms with Crippen molar-refractivity contribution in [2.24, 2.45) is 0 Å². The number of aryl methyl sites for hydroxylation is 1. The summed E-state index contributed by atoms with van der Waals surface area (Å²) in [5.74, 6) is 0. The van der Waals surface area contributed by atoms with Crippen molar-refractivity contribution in [2.45, 2.75) is 18.4 Å². The molecule has 0 radical (unpaired) electrons. The summed E-state index contributed by atoms with van der Waals surface area (Å²) >= 11 is 3.23. The number of hydrogen-bond donors (Lipinski definition) is 2. The molecule has 2 aromatic rings. The number of halogens is 1. The highest BCUT2D eigenvalue weighted by atomic mass is 79.9. The van der Waals surface area contributed by atoms with Gasteiger partial charge in [0, 0.05) is 22.9 Å². The molecule has 0 saturated heterocycles. The zero-order chi connectivity index (χ0) is 14.8. The van der Waals surface area contributed by atoms with Crippen molar-refractivity contribution in [3.8, 4) is 0 Å². The average Bonchev–Trinajstić information content (AvgIpc) is 2.78. The summed E-state index contributed by atoms with van der Waals surface area (Å²) in [6, 6.07) is 4.53. The van der Waals surface area contributed by atoms with Crippen LogP contribution in [0, 0.1) is 6.92 Å². The summed E-state index contributed by atoms with van der Waals surface area (Å²) in [5.41, 5.74) is 7.11. The maximum atomic E-state index is 12.1. The van der Waals surface area contributed by atoms with Gasteiger partial charge in [0.05, 0.1) is 17.6 Å². The maximum absolute atomic E-state index is 12.1. The molecule has 20 heavy (non-hydrogen) atoms. The van der Waals surface area contributed by atoms with Crippen molar-refractivity contribution in [1.29, 1.82) is 0 Å². The van der Waals surface area contributed by atoms with Crippen LogP contribution in [-0.4, -0.2) is 24.7 Å². The Kier molecular flexibility index (Phi) is 4.46. The van der Waals surface area contributed by atoms with Gasteiger partial charge >= 0.3 is 0 Å². The Balaban J connectivity index is 2.02. The number of hydrogen-bond acceptors (Lipinski definition) is 4. The van der Waals surface area contributed by atoms with Gasteiger partial charge in [0.2, 0.25) is 10.0 Å². The molecule has 0 aliphatic heterocycles. The third-order valence-corrected chi connectivity index (χ3v) is 4.85. The summed E-state index contributed by atoms with van der Waals surface area (Å²) in [6.45, 7) is 2.66. The molecule has 0 saturated carbocycles. The molecule has 2 rings (SSSR count). The zero-order valence-corrected chi connectivity index (χ0v) is 13.3. The van der Waals surface area contributed by atoms with E-state index >= 15 is 0 Å². The van der Waals surface area contributed by atoms with Gasteiger partial charge in [-0.25, -0.2) is 13.1 Å². The first-order valence-electron chi connectivity index (χ1n) is 5.92. The number of nitrogens with zero attached hydrogens (tertiary/aromatic N) is 2. The lowest BCUT2D eigenvalue weighted by Crippen LogP contribution is -2.27. The Morgan fingerprint density at radius 2 is 2.20 bits per heavy atom. The minimum atomic E-state index is -3.55. The van der Waals surface area contributed by atoms with E-state index in [0.717, 1.165) is 5.56 Å². The van der Waals surface area contributed by atoms with E-state index in [9.17, 15) is 8.42 Å². The zero-order valence-electron chi connectivity index (χ0n) is 10.9. The summed E-state index contributed by atoms with van der Waals surface area (Å²) in [5, 5.41) is 4.09. The van der Waals surface area contributed by atoms with E-state index in [2.05, 4.69) is 25.8 Å². The van der Waals surface area contributed by atoms with Gasteiger partial charge in [-0.2, -0.15) is 5.10 Å². The highest BCUT2D eigenvalue weighted by Gasteiger charge is 2.14. The molecule has 0 fully saturated rings. The maximum Gasteiger partial charge on any atom is 0.240 e. The second kappa shape index (κ2) is 5.94. The van der Waals surface area contributed by atoms with Crippen LogP contribution in [-0.2, 0) is 16.6 Å². The molecular formula is C12H15BrN4O2S. The third kappa shape index (κ3) is 3.59. The Hall–Kier alpha value is -1.38. The van der Waals surface area contributed by atoms with Crippen LogP contribution in [0.1, 0.15) is 5.56 Å². The molecule has 0 aliphatic carbocycles. The fourth-order valence-corrected chi connectivity index (χ4v) is 2.96. The number of rotatable bonds is 5. The lowest BCUT2D eigenvalue weighted by molar-refractivity contribution is 0.561. The van der Waals surface area contributed by atoms with Crippen molar-refractivity contribution in [2.75, 3.05) is 12.3 Å². The van der Waals surface area contributed by atoms with Crippen LogP contribution in [0.4, 0.5) is 5.69 Å². The molecule has 0 spiro atoms. The van der Waals surface area contributed by atoms with Crippen molar-refractivity contribution < 1.29 is 8.42 Å². The first kappa shape index (κ1) is 15.0. The summed E-state index contributed by atoms with van der Waals surface area (Å²) in [4.78, 5) is 0.148. The fraction of sp³-hybridized carbons (Fsp3) is 0.250. The number of nitrogens with one attached hydrogen (secondary N) is 1. The fourth-order valence-electron chi connectivity index (χ4n) is 1.66. The van der Waals surface area contributed by atoms with Crippen LogP contribution in [0.15, 0.2) is 40.0 Å². The van der Waals surface area contributed by atoms with Gasteiger partial charge in [0.15, 0.2) is 0 Å². The highest BCUT2D eigenvalue weighted by Crippen LogP contribution is 2.22. The van der Waals surface area contributed by atoms with E-state index in [4.69, 9.17) is 5.73 Å². The molecule has 8 heteroatoms. The Labute approximate surface area is 126 Å². The summed E-state index contributed by atoms with van der Waals surface area (Å²) < 4.78 is 29.0. The second-order valence-electron chi connectivity index (χ2n) is 4.36. The molecule has 108 valence electrons. The number of nitrogen functional groups attached to an aromatic ring is 1. The summed E-state index contributed by atoms with van der Waals surface area (Å²) in [6.07, 6.45) is 3.58. The SMILES string of the molecule is Cc1cnn(CCNS(=O)(=O)c2ccc(Br)c(N)c2)c1. The van der Waals surface area contributed by atoms with Gasteiger partial charge in [-0.1, -0.05) is 0 Å². The quantitative estimate of drug-likeness (QED) is 0.792. The van der Waals surface area contributed by atoms with Crippen molar-refractivity contribution >= 4 is 31.6 Å². The number of aromatic nitrogens is 2. The number of nitrogens with two attached hydrogens (primary N) is 1. The minimum Gasteiger partial charge on any atom is -0.398 e. The Morgan fingerprint density at radius 1 is 1.45 bits per heavy atom. The Bertz CT molecular complexity index is 712. The number of sulfonamides is 1. The summed E-state index contributed by atoms with van der Waals surface area (Å²) in [7, 11) is -3.55. The predicted molar refractivity (Wildman–Crippen MR) is 80.7 cm³/mol. The molecule has 0 amide bonds. The molecule has 1 heterocycles. The van der Waals surface area contributed by atoms with E-state index in [0.29, 0.717) is 16.7 Å². The van der Waals surface area contributed by atoms with Gasteiger partial charge < -0.3 is 5.73 Å². The van der Waals surface area contributed by atoms with E-state index in [1.165, 1.54) is 12.1 Å². The molecule has 1 aromatic carbocycles. The normalized spacial score (nSPS) is 11.7. The van der Waals surface area contributed by atoms with Gasteiger partial charge in [-0.3, -0.25) is 4.68 Å². The van der Waals surface area contributed by atoms with Gasteiger partial charge in [0.1, 0.15) is 0 Å². The van der Waals surface area contributed by atoms with Crippen LogP contribution in [0.5, 0.6) is 0 Å². The molecule has 0 aliphatic rings. The Morgan fingerprint density at radius 3 is 2.80 bits per heavy atom. The monoisotopic (exact) mass is 358 g/mol. The number of benzene rings is 1. The second-order valence-corrected chi connectivity index (χ2v) is 6.98. The van der Waals surface area contributed by atoms with Crippen molar-refractivity contribution in [3.63, 3.8) is 0 Å². The van der Waals surface area contributed by atoms with E-state index in [1.54, 1.807) is 16.9 Å². The van der Waals surface area contributed by atoms with Crippen LogP contribution in [0.25, 0.3) is 0 Å². The molecule has 1 aromatic heterocycles. The average molecular weight is 359 g/mol. The van der Waals surface area contributed by atoms with Gasteiger partial charge in [-0.05, 0) is 46.6 Å². The molecular weight excluding hydrogens is 344 g/mol. The molecule has 0 bridgehead atoms. The first-order chi connectivity index (χ1) is 9.38. The first-order valence-corrected chi connectivity index (χ1v) is 8.20. The standard InChI is InChI=1S/C12H15BrN4O2S/c1-9-7-15-17(8-9)5-4-16-20(18,19)10-2-3-11(13)12(14)6-10/h2-3,6-8,16H,4-5,14H2,1H3. The van der Waals surface area contributed by atoms with E-state index in [1.807, 2.05) is 13.1 Å².